The standard InChI is InChI=1S/C21H16F3NO3/c1-21(23,24)13-5-10-18(20(27)25-15-3-2-4-16(26)12-15)19(11-13)28-17-8-6-14(22)7-9-17/h2-3,5-12H,4H2,1H3,(H,25,27). The van der Waals surface area contributed by atoms with E-state index in [0.717, 1.165) is 31.2 Å². The molecule has 144 valence electrons. The molecule has 1 amide bonds. The Morgan fingerprint density at radius 2 is 1.86 bits per heavy atom. The molecule has 0 saturated heterocycles. The first-order valence-corrected chi connectivity index (χ1v) is 8.40. The Kier molecular flexibility index (Phi) is 5.35. The third-order valence-electron chi connectivity index (χ3n) is 3.97. The summed E-state index contributed by atoms with van der Waals surface area (Å²) in [5.41, 5.74) is -0.0587. The number of hydrogen-bond donors (Lipinski definition) is 1. The second-order valence-electron chi connectivity index (χ2n) is 6.28. The van der Waals surface area contributed by atoms with Gasteiger partial charge in [0.1, 0.15) is 17.3 Å². The van der Waals surface area contributed by atoms with Crippen molar-refractivity contribution < 1.29 is 27.5 Å². The molecule has 7 heteroatoms. The molecule has 3 rings (SSSR count). The van der Waals surface area contributed by atoms with E-state index in [4.69, 9.17) is 4.74 Å². The molecule has 2 aromatic rings. The molecule has 0 heterocycles. The van der Waals surface area contributed by atoms with Gasteiger partial charge < -0.3 is 10.1 Å². The van der Waals surface area contributed by atoms with Gasteiger partial charge in [0.2, 0.25) is 0 Å². The Morgan fingerprint density at radius 3 is 2.50 bits per heavy atom. The first-order chi connectivity index (χ1) is 13.2. The van der Waals surface area contributed by atoms with Gasteiger partial charge in [-0.05, 0) is 42.5 Å². The van der Waals surface area contributed by atoms with Crippen LogP contribution in [0.2, 0.25) is 0 Å². The molecule has 1 N–H and O–H groups in total. The molecule has 0 spiro atoms. The predicted octanol–water partition coefficient (Wildman–Crippen LogP) is 4.87. The van der Waals surface area contributed by atoms with E-state index in [0.29, 0.717) is 5.70 Å². The Morgan fingerprint density at radius 1 is 1.14 bits per heavy atom. The maximum Gasteiger partial charge on any atom is 0.270 e. The largest absolute Gasteiger partial charge is 0.457 e. The van der Waals surface area contributed by atoms with Gasteiger partial charge in [0, 0.05) is 30.7 Å². The maximum absolute atomic E-state index is 13.7. The van der Waals surface area contributed by atoms with E-state index in [1.807, 2.05) is 0 Å². The van der Waals surface area contributed by atoms with Crippen LogP contribution in [0.3, 0.4) is 0 Å². The molecular formula is C21H16F3NO3. The minimum Gasteiger partial charge on any atom is -0.457 e. The van der Waals surface area contributed by atoms with Crippen LogP contribution in [0.25, 0.3) is 0 Å². The summed E-state index contributed by atoms with van der Waals surface area (Å²) in [4.78, 5) is 24.1. The molecule has 0 aliphatic heterocycles. The zero-order valence-electron chi connectivity index (χ0n) is 14.8. The molecule has 1 aliphatic rings. The molecule has 4 nitrogen and oxygen atoms in total. The Balaban J connectivity index is 1.94. The Labute approximate surface area is 159 Å². The minimum absolute atomic E-state index is 0.00959. The number of nitrogens with one attached hydrogen (secondary N) is 1. The monoisotopic (exact) mass is 387 g/mol. The summed E-state index contributed by atoms with van der Waals surface area (Å²) in [5.74, 6) is -4.36. The molecule has 0 fully saturated rings. The lowest BCUT2D eigenvalue weighted by molar-refractivity contribution is -0.113. The molecule has 0 radical (unpaired) electrons. The molecule has 1 aliphatic carbocycles. The van der Waals surface area contributed by atoms with Gasteiger partial charge in [-0.2, -0.15) is 0 Å². The maximum atomic E-state index is 13.7. The first kappa shape index (κ1) is 19.4. The molecule has 0 unspecified atom stereocenters. The fourth-order valence-corrected chi connectivity index (χ4v) is 2.56. The van der Waals surface area contributed by atoms with Crippen molar-refractivity contribution in [2.45, 2.75) is 19.3 Å². The van der Waals surface area contributed by atoms with Crippen LogP contribution < -0.4 is 10.1 Å². The summed E-state index contributed by atoms with van der Waals surface area (Å²) in [6.45, 7) is 0.729. The average molecular weight is 387 g/mol. The van der Waals surface area contributed by atoms with Gasteiger partial charge >= 0.3 is 0 Å². The van der Waals surface area contributed by atoms with Crippen molar-refractivity contribution in [2.75, 3.05) is 0 Å². The zero-order chi connectivity index (χ0) is 20.3. The number of alkyl halides is 2. The highest BCUT2D eigenvalue weighted by Crippen LogP contribution is 2.34. The zero-order valence-corrected chi connectivity index (χ0v) is 14.8. The van der Waals surface area contributed by atoms with Crippen LogP contribution in [-0.2, 0) is 10.7 Å². The first-order valence-electron chi connectivity index (χ1n) is 8.40. The van der Waals surface area contributed by atoms with Crippen molar-refractivity contribution in [3.05, 3.63) is 83.3 Å². The third kappa shape index (κ3) is 4.68. The Bertz CT molecular complexity index is 973. The van der Waals surface area contributed by atoms with Crippen LogP contribution in [-0.4, -0.2) is 11.7 Å². The number of hydrogen-bond acceptors (Lipinski definition) is 3. The molecule has 0 bridgehead atoms. The summed E-state index contributed by atoms with van der Waals surface area (Å²) < 4.78 is 46.1. The molecular weight excluding hydrogens is 371 g/mol. The molecule has 28 heavy (non-hydrogen) atoms. The van der Waals surface area contributed by atoms with Gasteiger partial charge in [-0.1, -0.05) is 12.1 Å². The summed E-state index contributed by atoms with van der Waals surface area (Å²) in [5, 5.41) is 2.55. The number of carbonyl (C=O) groups is 2. The lowest BCUT2D eigenvalue weighted by Gasteiger charge is -2.16. The van der Waals surface area contributed by atoms with Crippen LogP contribution >= 0.6 is 0 Å². The number of carbonyl (C=O) groups excluding carboxylic acids is 2. The van der Waals surface area contributed by atoms with Crippen LogP contribution in [0.15, 0.2) is 66.4 Å². The summed E-state index contributed by atoms with van der Waals surface area (Å²) >= 11 is 0. The van der Waals surface area contributed by atoms with Crippen molar-refractivity contribution in [3.63, 3.8) is 0 Å². The van der Waals surface area contributed by atoms with E-state index in [-0.39, 0.29) is 34.8 Å². The quantitative estimate of drug-likeness (QED) is 0.796. The molecule has 0 aromatic heterocycles. The van der Waals surface area contributed by atoms with Crippen molar-refractivity contribution in [2.24, 2.45) is 0 Å². The molecule has 0 atom stereocenters. The van der Waals surface area contributed by atoms with Crippen LogP contribution in [0, 0.1) is 5.82 Å². The van der Waals surface area contributed by atoms with Gasteiger partial charge in [-0.15, -0.1) is 0 Å². The van der Waals surface area contributed by atoms with Gasteiger partial charge in [-0.3, -0.25) is 9.59 Å². The third-order valence-corrected chi connectivity index (χ3v) is 3.97. The lowest BCUT2D eigenvalue weighted by atomic mass is 10.0. The number of rotatable bonds is 5. The second kappa shape index (κ2) is 7.72. The van der Waals surface area contributed by atoms with E-state index < -0.39 is 17.6 Å². The fraction of sp³-hybridized carbons (Fsp3) is 0.143. The number of halogens is 3. The lowest BCUT2D eigenvalue weighted by Crippen LogP contribution is -2.24. The number of ether oxygens (including phenoxy) is 1. The SMILES string of the molecule is CC(F)(F)c1ccc(C(=O)NC2=CC(=O)CC=C2)c(Oc2ccc(F)cc2)c1. The summed E-state index contributed by atoms with van der Waals surface area (Å²) in [6, 6.07) is 8.35. The normalized spacial score (nSPS) is 13.9. The van der Waals surface area contributed by atoms with E-state index in [1.165, 1.54) is 24.3 Å². The number of allylic oxidation sites excluding steroid dienone is 3. The van der Waals surface area contributed by atoms with E-state index in [2.05, 4.69) is 5.32 Å². The van der Waals surface area contributed by atoms with E-state index in [1.54, 1.807) is 12.2 Å². The van der Waals surface area contributed by atoms with Gasteiger partial charge in [-0.25, -0.2) is 13.2 Å². The Hall–Kier alpha value is -3.35. The number of ketones is 1. The second-order valence-corrected chi connectivity index (χ2v) is 6.28. The summed E-state index contributed by atoms with van der Waals surface area (Å²) in [6.07, 6.45) is 4.72. The van der Waals surface area contributed by atoms with Crippen molar-refractivity contribution in [1.82, 2.24) is 5.32 Å². The predicted molar refractivity (Wildman–Crippen MR) is 96.8 cm³/mol. The minimum atomic E-state index is -3.14. The van der Waals surface area contributed by atoms with Crippen LogP contribution in [0.5, 0.6) is 11.5 Å². The van der Waals surface area contributed by atoms with Crippen molar-refractivity contribution >= 4 is 11.7 Å². The number of amides is 1. The number of benzene rings is 2. The fourth-order valence-electron chi connectivity index (χ4n) is 2.56. The molecule has 0 saturated carbocycles. The van der Waals surface area contributed by atoms with E-state index >= 15 is 0 Å². The highest BCUT2D eigenvalue weighted by molar-refractivity contribution is 6.00. The van der Waals surface area contributed by atoms with E-state index in [9.17, 15) is 22.8 Å². The van der Waals surface area contributed by atoms with Crippen molar-refractivity contribution in [1.29, 1.82) is 0 Å². The molecule has 2 aromatic carbocycles. The highest BCUT2D eigenvalue weighted by atomic mass is 19.3. The van der Waals surface area contributed by atoms with Crippen LogP contribution in [0.1, 0.15) is 29.3 Å². The van der Waals surface area contributed by atoms with Gasteiger partial charge in [0.25, 0.3) is 11.8 Å². The van der Waals surface area contributed by atoms with Crippen LogP contribution in [0.4, 0.5) is 13.2 Å². The highest BCUT2D eigenvalue weighted by Gasteiger charge is 2.27. The van der Waals surface area contributed by atoms with Crippen molar-refractivity contribution in [3.8, 4) is 11.5 Å². The smallest absolute Gasteiger partial charge is 0.270 e. The van der Waals surface area contributed by atoms with Gasteiger partial charge in [0.15, 0.2) is 5.78 Å². The van der Waals surface area contributed by atoms with Gasteiger partial charge in [0.05, 0.1) is 5.56 Å². The average Bonchev–Trinajstić information content (AvgIpc) is 2.63. The topological polar surface area (TPSA) is 55.4 Å². The summed E-state index contributed by atoms with van der Waals surface area (Å²) in [7, 11) is 0.